The lowest BCUT2D eigenvalue weighted by Gasteiger charge is -2.30. The largest absolute Gasteiger partial charge is 0.366 e. The summed E-state index contributed by atoms with van der Waals surface area (Å²) >= 11 is 13.8. The van der Waals surface area contributed by atoms with Crippen molar-refractivity contribution in [2.24, 2.45) is 0 Å². The Bertz CT molecular complexity index is 1740. The maximum Gasteiger partial charge on any atom is 0.214 e. The molecule has 0 bridgehead atoms. The Kier molecular flexibility index (Phi) is 2.98. The fourth-order valence-corrected chi connectivity index (χ4v) is 5.96. The molecule has 0 aliphatic carbocycles. The molecule has 0 fully saturated rings. The Morgan fingerprint density at radius 1 is 0.567 bits per heavy atom. The number of rotatable bonds is 0. The third-order valence-corrected chi connectivity index (χ3v) is 8.12. The van der Waals surface area contributed by atoms with Crippen molar-refractivity contribution in [2.45, 2.75) is 0 Å². The molecule has 2 heterocycles. The van der Waals surface area contributed by atoms with Crippen molar-refractivity contribution in [1.82, 2.24) is 5.32 Å². The van der Waals surface area contributed by atoms with Crippen molar-refractivity contribution in [3.8, 4) is 0 Å². The van der Waals surface area contributed by atoms with Gasteiger partial charge in [-0.2, -0.15) is 0 Å². The lowest BCUT2D eigenvalue weighted by Crippen LogP contribution is -2.42. The third-order valence-electron chi connectivity index (χ3n) is 6.87. The number of quaternary nitrogens is 1. The zero-order valence-electron chi connectivity index (χ0n) is 16.5. The van der Waals surface area contributed by atoms with Crippen molar-refractivity contribution in [3.63, 3.8) is 0 Å². The highest BCUT2D eigenvalue weighted by Gasteiger charge is 2.32. The first-order valence-electron chi connectivity index (χ1n) is 10.0. The van der Waals surface area contributed by atoms with Crippen molar-refractivity contribution >= 4 is 89.0 Å². The van der Waals surface area contributed by atoms with Crippen LogP contribution in [0.4, 0.5) is 0 Å². The van der Waals surface area contributed by atoms with E-state index in [1.54, 1.807) is 0 Å². The molecule has 4 heteroatoms. The van der Waals surface area contributed by atoms with Gasteiger partial charge in [0.15, 0.2) is 0 Å². The van der Waals surface area contributed by atoms with Crippen LogP contribution in [0, 0.1) is 0 Å². The molecular weight excluding hydrogens is 411 g/mol. The molecule has 0 atom stereocenters. The molecule has 5 aromatic rings. The summed E-state index contributed by atoms with van der Waals surface area (Å²) in [6.07, 6.45) is 4.16. The average molecular weight is 428 g/mol. The molecule has 0 unspecified atom stereocenters. The van der Waals surface area contributed by atoms with E-state index in [9.17, 15) is 0 Å². The van der Waals surface area contributed by atoms with Gasteiger partial charge in [0, 0.05) is 23.2 Å². The Balaban J connectivity index is 1.89. The van der Waals surface area contributed by atoms with Crippen LogP contribution in [-0.2, 0) is 0 Å². The number of nitrogens with zero attached hydrogens (tertiary/aromatic N) is 1. The number of hydrogen-bond acceptors (Lipinski definition) is 1. The maximum absolute atomic E-state index is 6.88. The van der Waals surface area contributed by atoms with Crippen molar-refractivity contribution in [2.75, 3.05) is 14.1 Å². The summed E-state index contributed by atoms with van der Waals surface area (Å²) in [5.74, 6) is 0. The first kappa shape index (κ1) is 17.0. The zero-order chi connectivity index (χ0) is 20.4. The van der Waals surface area contributed by atoms with Crippen molar-refractivity contribution in [3.05, 3.63) is 69.4 Å². The summed E-state index contributed by atoms with van der Waals surface area (Å²) < 4.78 is 0.363. The second-order valence-corrected chi connectivity index (χ2v) is 9.43. The molecule has 2 aliphatic rings. The first-order chi connectivity index (χ1) is 14.5. The molecule has 0 aromatic heterocycles. The molecule has 2 nitrogen and oxygen atoms in total. The van der Waals surface area contributed by atoms with E-state index in [1.165, 1.54) is 48.1 Å². The summed E-state index contributed by atoms with van der Waals surface area (Å²) in [6, 6.07) is 17.7. The summed E-state index contributed by atoms with van der Waals surface area (Å²) in [7, 11) is 4.07. The molecule has 144 valence electrons. The van der Waals surface area contributed by atoms with Crippen LogP contribution >= 0.6 is 23.2 Å². The highest BCUT2D eigenvalue weighted by molar-refractivity contribution is 6.49. The first-order valence-corrected chi connectivity index (χ1v) is 10.8. The van der Waals surface area contributed by atoms with Crippen molar-refractivity contribution in [1.29, 1.82) is 0 Å². The van der Waals surface area contributed by atoms with Crippen LogP contribution in [-0.4, -0.2) is 18.6 Å². The van der Waals surface area contributed by atoms with Gasteiger partial charge >= 0.3 is 0 Å². The highest BCUT2D eigenvalue weighted by Crippen LogP contribution is 2.39. The number of hydrogen-bond donors (Lipinski definition) is 1. The molecule has 5 aromatic carbocycles. The van der Waals surface area contributed by atoms with E-state index < -0.39 is 0 Å². The molecule has 30 heavy (non-hydrogen) atoms. The van der Waals surface area contributed by atoms with E-state index in [-0.39, 0.29) is 0 Å². The Morgan fingerprint density at radius 2 is 1.00 bits per heavy atom. The van der Waals surface area contributed by atoms with E-state index in [0.29, 0.717) is 4.48 Å². The number of fused-ring (bicyclic) bond motifs is 2. The molecule has 7 rings (SSSR count). The van der Waals surface area contributed by atoms with Crippen LogP contribution in [0.3, 0.4) is 0 Å². The van der Waals surface area contributed by atoms with Gasteiger partial charge in [-0.3, -0.25) is 0 Å². The minimum atomic E-state index is 0.363. The topological polar surface area (TPSA) is 12.0 Å². The summed E-state index contributed by atoms with van der Waals surface area (Å²) in [5, 5.41) is 19.5. The SMILES string of the molecule is C[N+]1(C)C(Cl)=c2ccc3c4ccc5c6c(ccc(c7ccc(c2c37)=C1Cl)c64)=CNC=5. The zero-order valence-corrected chi connectivity index (χ0v) is 18.0. The van der Waals surface area contributed by atoms with Gasteiger partial charge in [0.05, 0.1) is 24.5 Å². The minimum Gasteiger partial charge on any atom is -0.366 e. The van der Waals surface area contributed by atoms with Gasteiger partial charge in [0.25, 0.3) is 0 Å². The normalized spacial score (nSPS) is 16.9. The van der Waals surface area contributed by atoms with Gasteiger partial charge in [-0.15, -0.1) is 0 Å². The Morgan fingerprint density at radius 3 is 1.50 bits per heavy atom. The predicted molar refractivity (Wildman–Crippen MR) is 129 cm³/mol. The lowest BCUT2D eigenvalue weighted by atomic mass is 9.87. The quantitative estimate of drug-likeness (QED) is 0.172. The lowest BCUT2D eigenvalue weighted by molar-refractivity contribution is -0.734. The van der Waals surface area contributed by atoms with Crippen LogP contribution in [0.5, 0.6) is 0 Å². The van der Waals surface area contributed by atoms with Crippen LogP contribution in [0.1, 0.15) is 0 Å². The molecule has 0 spiro atoms. The molecule has 0 saturated carbocycles. The summed E-state index contributed by atoms with van der Waals surface area (Å²) in [6.45, 7) is 0. The van der Waals surface area contributed by atoms with Crippen molar-refractivity contribution < 1.29 is 4.48 Å². The molecule has 1 N–H and O–H groups in total. The molecular formula is C26H17Cl2N2+. The second-order valence-electron chi connectivity index (χ2n) is 8.72. The van der Waals surface area contributed by atoms with Crippen LogP contribution in [0.2, 0.25) is 0 Å². The van der Waals surface area contributed by atoms with Gasteiger partial charge < -0.3 is 5.32 Å². The van der Waals surface area contributed by atoms with Crippen LogP contribution in [0.15, 0.2) is 48.5 Å². The van der Waals surface area contributed by atoms with E-state index >= 15 is 0 Å². The predicted octanol–water partition coefficient (Wildman–Crippen LogP) is 3.52. The Hall–Kier alpha value is -2.78. The van der Waals surface area contributed by atoms with Crippen LogP contribution < -0.4 is 26.2 Å². The highest BCUT2D eigenvalue weighted by atomic mass is 35.5. The maximum atomic E-state index is 6.88. The number of nitrogens with one attached hydrogen (secondary N) is 1. The molecule has 2 aliphatic heterocycles. The van der Waals surface area contributed by atoms with Gasteiger partial charge in [-0.25, -0.2) is 4.48 Å². The standard InChI is InChI=1S/C26H17Cl2N2/c1-30(2)25(27)19-9-7-17-15-5-3-13-11-29-12-14-4-6-16(22(15)21(13)14)18-8-10-20(26(30)28)24(19)23(17)18/h3-12,29H,1-2H3/q+1. The van der Waals surface area contributed by atoms with E-state index in [2.05, 4.69) is 66.2 Å². The van der Waals surface area contributed by atoms with E-state index in [1.807, 2.05) is 14.1 Å². The van der Waals surface area contributed by atoms with Gasteiger partial charge in [-0.1, -0.05) is 36.4 Å². The van der Waals surface area contributed by atoms with E-state index in [4.69, 9.17) is 23.2 Å². The van der Waals surface area contributed by atoms with Gasteiger partial charge in [-0.05, 0) is 78.1 Å². The number of benzene rings is 5. The third kappa shape index (κ3) is 1.78. The molecule has 0 amide bonds. The molecule has 0 saturated heterocycles. The summed E-state index contributed by atoms with van der Waals surface area (Å²) in [5.41, 5.74) is 0. The van der Waals surface area contributed by atoms with E-state index in [0.717, 1.165) is 26.1 Å². The summed E-state index contributed by atoms with van der Waals surface area (Å²) in [4.78, 5) is 0. The second kappa shape index (κ2) is 5.28. The van der Waals surface area contributed by atoms with Gasteiger partial charge in [0.1, 0.15) is 0 Å². The minimum absolute atomic E-state index is 0.363. The average Bonchev–Trinajstić information content (AvgIpc) is 2.77. The monoisotopic (exact) mass is 427 g/mol. The fourth-order valence-electron chi connectivity index (χ4n) is 5.44. The van der Waals surface area contributed by atoms with Crippen LogP contribution in [0.25, 0.3) is 65.8 Å². The fraction of sp³-hybridized carbons (Fsp3) is 0.0769. The molecule has 0 radical (unpaired) electrons. The smallest absolute Gasteiger partial charge is 0.214 e. The van der Waals surface area contributed by atoms with Gasteiger partial charge in [0.2, 0.25) is 10.3 Å². The Labute approximate surface area is 182 Å². The number of halogens is 2.